The minimum atomic E-state index is -0.786. The second-order valence-electron chi connectivity index (χ2n) is 6.84. The van der Waals surface area contributed by atoms with E-state index in [4.69, 9.17) is 0 Å². The van der Waals surface area contributed by atoms with Gasteiger partial charge < -0.3 is 10.2 Å². The monoisotopic (exact) mass is 332 g/mol. The van der Waals surface area contributed by atoms with Crippen LogP contribution in [0.2, 0.25) is 0 Å². The number of hydrogen-bond acceptors (Lipinski definition) is 3. The van der Waals surface area contributed by atoms with Crippen LogP contribution in [-0.4, -0.2) is 35.4 Å². The summed E-state index contributed by atoms with van der Waals surface area (Å²) >= 11 is 0. The fraction of sp³-hybridized carbons (Fsp3) is 0.500. The molecule has 2 aliphatic rings. The van der Waals surface area contributed by atoms with E-state index in [1.807, 2.05) is 6.20 Å². The van der Waals surface area contributed by atoms with Gasteiger partial charge in [0.05, 0.1) is 6.20 Å². The Bertz CT molecular complexity index is 707. The van der Waals surface area contributed by atoms with Gasteiger partial charge in [0.1, 0.15) is 0 Å². The molecule has 0 bridgehead atoms. The van der Waals surface area contributed by atoms with Gasteiger partial charge in [0.15, 0.2) is 11.6 Å². The normalized spacial score (nSPS) is 21.8. The zero-order valence-corrected chi connectivity index (χ0v) is 13.6. The van der Waals surface area contributed by atoms with Gasteiger partial charge in [-0.25, -0.2) is 8.78 Å². The smallest absolute Gasteiger partial charge is 0.160 e. The van der Waals surface area contributed by atoms with Crippen molar-refractivity contribution in [3.63, 3.8) is 0 Å². The molecule has 0 amide bonds. The van der Waals surface area contributed by atoms with Gasteiger partial charge in [-0.2, -0.15) is 5.10 Å². The summed E-state index contributed by atoms with van der Waals surface area (Å²) in [6, 6.07) is 5.15. The predicted molar refractivity (Wildman–Crippen MR) is 89.1 cm³/mol. The molecule has 1 aliphatic carbocycles. The van der Waals surface area contributed by atoms with Gasteiger partial charge in [-0.15, -0.1) is 0 Å². The number of nitrogens with zero attached hydrogens (tertiary/aromatic N) is 2. The fourth-order valence-electron chi connectivity index (χ4n) is 3.87. The van der Waals surface area contributed by atoms with Gasteiger partial charge in [-0.3, -0.25) is 5.10 Å². The average molecular weight is 332 g/mol. The van der Waals surface area contributed by atoms with Crippen LogP contribution in [0.15, 0.2) is 24.4 Å². The van der Waals surface area contributed by atoms with Crippen molar-refractivity contribution in [1.82, 2.24) is 15.5 Å². The highest BCUT2D eigenvalue weighted by Crippen LogP contribution is 2.24. The summed E-state index contributed by atoms with van der Waals surface area (Å²) in [6.07, 6.45) is 7.22. The number of aromatic nitrogens is 2. The molecule has 1 atom stereocenters. The van der Waals surface area contributed by atoms with Crippen LogP contribution in [0.3, 0.4) is 0 Å². The van der Waals surface area contributed by atoms with Crippen LogP contribution in [0.25, 0.3) is 0 Å². The molecule has 2 N–H and O–H groups in total. The van der Waals surface area contributed by atoms with Gasteiger partial charge >= 0.3 is 0 Å². The van der Waals surface area contributed by atoms with Crippen LogP contribution < -0.4 is 10.2 Å². The molecule has 4 nitrogen and oxygen atoms in total. The molecule has 4 rings (SSSR count). The summed E-state index contributed by atoms with van der Waals surface area (Å²) in [6.45, 7) is 1.73. The van der Waals surface area contributed by atoms with Crippen LogP contribution in [0.4, 0.5) is 14.5 Å². The standard InChI is InChI=1S/C18H22F2N4/c19-16-4-3-15(10-17(16)20)24-7-5-13(6-8-24)22-14-2-1-12-11-21-23-18(12)9-14/h3-4,10-11,13-14,22H,1-2,5-9H2,(H,21,23)/t14-/m1/s1. The van der Waals surface area contributed by atoms with Gasteiger partial charge in [-0.05, 0) is 43.4 Å². The number of fused-ring (bicyclic) bond motifs is 1. The third kappa shape index (κ3) is 3.15. The Kier molecular flexibility index (Phi) is 4.22. The number of H-pyrrole nitrogens is 1. The Morgan fingerprint density at radius 1 is 1.08 bits per heavy atom. The number of nitrogens with one attached hydrogen (secondary N) is 2. The minimum absolute atomic E-state index is 0.487. The Labute approximate surface area is 140 Å². The van der Waals surface area contributed by atoms with Gasteiger partial charge in [0, 0.05) is 49.0 Å². The van der Waals surface area contributed by atoms with E-state index in [0.29, 0.717) is 12.1 Å². The molecule has 1 aromatic carbocycles. The van der Waals surface area contributed by atoms with Crippen molar-refractivity contribution in [2.45, 2.75) is 44.2 Å². The van der Waals surface area contributed by atoms with Crippen molar-refractivity contribution >= 4 is 5.69 Å². The molecule has 1 saturated heterocycles. The maximum atomic E-state index is 13.4. The van der Waals surface area contributed by atoms with Crippen LogP contribution in [0, 0.1) is 11.6 Å². The second-order valence-corrected chi connectivity index (χ2v) is 6.84. The fourth-order valence-corrected chi connectivity index (χ4v) is 3.87. The first-order valence-corrected chi connectivity index (χ1v) is 8.66. The summed E-state index contributed by atoms with van der Waals surface area (Å²) in [4.78, 5) is 2.13. The molecule has 2 heterocycles. The maximum absolute atomic E-state index is 13.4. The summed E-state index contributed by atoms with van der Waals surface area (Å²) < 4.78 is 26.5. The van der Waals surface area contributed by atoms with E-state index in [2.05, 4.69) is 20.4 Å². The van der Waals surface area contributed by atoms with E-state index in [0.717, 1.165) is 50.9 Å². The summed E-state index contributed by atoms with van der Waals surface area (Å²) in [5, 5.41) is 11.0. The Balaban J connectivity index is 1.31. The number of aromatic amines is 1. The lowest BCUT2D eigenvalue weighted by atomic mass is 9.92. The Hall–Kier alpha value is -1.95. The highest BCUT2D eigenvalue weighted by atomic mass is 19.2. The zero-order valence-electron chi connectivity index (χ0n) is 13.6. The molecule has 0 unspecified atom stereocenters. The lowest BCUT2D eigenvalue weighted by molar-refractivity contribution is 0.344. The van der Waals surface area contributed by atoms with Gasteiger partial charge in [-0.1, -0.05) is 0 Å². The van der Waals surface area contributed by atoms with E-state index in [1.54, 1.807) is 6.07 Å². The molecule has 0 radical (unpaired) electrons. The van der Waals surface area contributed by atoms with E-state index in [9.17, 15) is 8.78 Å². The summed E-state index contributed by atoms with van der Waals surface area (Å²) in [5.74, 6) is -1.56. The van der Waals surface area contributed by atoms with Crippen LogP contribution in [-0.2, 0) is 12.8 Å². The minimum Gasteiger partial charge on any atom is -0.371 e. The number of rotatable bonds is 3. The predicted octanol–water partition coefficient (Wildman–Crippen LogP) is 2.80. The first-order chi connectivity index (χ1) is 11.7. The Morgan fingerprint density at radius 2 is 1.92 bits per heavy atom. The topological polar surface area (TPSA) is 44.0 Å². The Morgan fingerprint density at radius 3 is 2.71 bits per heavy atom. The van der Waals surface area contributed by atoms with Crippen LogP contribution >= 0.6 is 0 Å². The zero-order chi connectivity index (χ0) is 16.5. The van der Waals surface area contributed by atoms with Crippen molar-refractivity contribution in [1.29, 1.82) is 0 Å². The van der Waals surface area contributed by atoms with Crippen LogP contribution in [0.1, 0.15) is 30.5 Å². The number of halogens is 2. The number of benzene rings is 1. The lowest BCUT2D eigenvalue weighted by Gasteiger charge is -2.36. The molecule has 128 valence electrons. The van der Waals surface area contributed by atoms with Crippen LogP contribution in [0.5, 0.6) is 0 Å². The third-order valence-corrected chi connectivity index (χ3v) is 5.25. The number of aryl methyl sites for hydroxylation is 1. The van der Waals surface area contributed by atoms with Crippen molar-refractivity contribution in [3.8, 4) is 0 Å². The number of anilines is 1. The highest BCUT2D eigenvalue weighted by Gasteiger charge is 2.25. The van der Waals surface area contributed by atoms with Crippen molar-refractivity contribution in [2.75, 3.05) is 18.0 Å². The molecule has 24 heavy (non-hydrogen) atoms. The highest BCUT2D eigenvalue weighted by molar-refractivity contribution is 5.47. The lowest BCUT2D eigenvalue weighted by Crippen LogP contribution is -2.47. The maximum Gasteiger partial charge on any atom is 0.160 e. The number of hydrogen-bond donors (Lipinski definition) is 2. The summed E-state index contributed by atoms with van der Waals surface area (Å²) in [5.41, 5.74) is 3.38. The first kappa shape index (κ1) is 15.6. The first-order valence-electron chi connectivity index (χ1n) is 8.66. The molecule has 1 aromatic heterocycles. The van der Waals surface area contributed by atoms with E-state index >= 15 is 0 Å². The molecule has 1 fully saturated rings. The quantitative estimate of drug-likeness (QED) is 0.908. The molecule has 0 saturated carbocycles. The average Bonchev–Trinajstić information content (AvgIpc) is 3.06. The van der Waals surface area contributed by atoms with Crippen molar-refractivity contribution in [2.24, 2.45) is 0 Å². The van der Waals surface area contributed by atoms with Crippen molar-refractivity contribution < 1.29 is 8.78 Å². The SMILES string of the molecule is Fc1ccc(N2CCC(N[C@@H]3CCc4cn[nH]c4C3)CC2)cc1F. The van der Waals surface area contributed by atoms with Crippen molar-refractivity contribution in [3.05, 3.63) is 47.3 Å². The summed E-state index contributed by atoms with van der Waals surface area (Å²) in [7, 11) is 0. The largest absolute Gasteiger partial charge is 0.371 e. The van der Waals surface area contributed by atoms with E-state index in [1.165, 1.54) is 23.4 Å². The molecular weight excluding hydrogens is 310 g/mol. The molecule has 1 aliphatic heterocycles. The third-order valence-electron chi connectivity index (χ3n) is 5.25. The molecular formula is C18H22F2N4. The van der Waals surface area contributed by atoms with Gasteiger partial charge in [0.25, 0.3) is 0 Å². The van der Waals surface area contributed by atoms with E-state index in [-0.39, 0.29) is 0 Å². The van der Waals surface area contributed by atoms with Gasteiger partial charge in [0.2, 0.25) is 0 Å². The number of piperidine rings is 1. The molecule has 6 heteroatoms. The van der Waals surface area contributed by atoms with E-state index < -0.39 is 11.6 Å². The molecule has 2 aromatic rings. The second kappa shape index (κ2) is 6.51. The molecule has 0 spiro atoms.